The Labute approximate surface area is 181 Å². The van der Waals surface area contributed by atoms with E-state index in [-0.39, 0.29) is 18.3 Å². The molecule has 9 heteroatoms. The van der Waals surface area contributed by atoms with Crippen LogP contribution in [0.25, 0.3) is 10.2 Å². The number of fused-ring (bicyclic) bond motifs is 2. The molecular weight excluding hydrogens is 424 g/mol. The van der Waals surface area contributed by atoms with Crippen molar-refractivity contribution in [1.29, 1.82) is 0 Å². The van der Waals surface area contributed by atoms with Crippen molar-refractivity contribution in [2.24, 2.45) is 0 Å². The molecule has 0 spiro atoms. The molecule has 0 radical (unpaired) electrons. The standard InChI is InChI=1S/C21H20N2O5S2/c24-19(22-8-7-14-5-6-16-17(11-14)27-10-9-26-16)12-28-20(25)13-29-21-23-15-3-1-2-4-18(15)30-21/h1-6,11H,7-10,12-13H2,(H,22,24). The van der Waals surface area contributed by atoms with Gasteiger partial charge in [0.15, 0.2) is 22.4 Å². The van der Waals surface area contributed by atoms with E-state index >= 15 is 0 Å². The second kappa shape index (κ2) is 9.82. The fourth-order valence-corrected chi connectivity index (χ4v) is 4.73. The van der Waals surface area contributed by atoms with E-state index in [0.29, 0.717) is 26.2 Å². The number of esters is 1. The molecule has 2 heterocycles. The Morgan fingerprint density at radius 1 is 1.13 bits per heavy atom. The fourth-order valence-electron chi connectivity index (χ4n) is 2.86. The molecule has 156 valence electrons. The van der Waals surface area contributed by atoms with Gasteiger partial charge in [0.1, 0.15) is 13.2 Å². The highest BCUT2D eigenvalue weighted by Gasteiger charge is 2.13. The predicted molar refractivity (Wildman–Crippen MR) is 115 cm³/mol. The van der Waals surface area contributed by atoms with Crippen molar-refractivity contribution >= 4 is 45.2 Å². The first-order valence-electron chi connectivity index (χ1n) is 9.46. The van der Waals surface area contributed by atoms with Gasteiger partial charge in [-0.25, -0.2) is 4.98 Å². The van der Waals surface area contributed by atoms with Crippen LogP contribution in [0.2, 0.25) is 0 Å². The van der Waals surface area contributed by atoms with E-state index in [4.69, 9.17) is 14.2 Å². The molecule has 0 bridgehead atoms. The smallest absolute Gasteiger partial charge is 0.316 e. The van der Waals surface area contributed by atoms with Crippen LogP contribution in [0, 0.1) is 0 Å². The maximum absolute atomic E-state index is 11.9. The van der Waals surface area contributed by atoms with Crippen molar-refractivity contribution in [2.75, 3.05) is 32.1 Å². The van der Waals surface area contributed by atoms with Gasteiger partial charge in [-0.1, -0.05) is 30.0 Å². The molecule has 0 unspecified atom stereocenters. The number of hydrogen-bond acceptors (Lipinski definition) is 8. The van der Waals surface area contributed by atoms with Crippen LogP contribution in [-0.2, 0) is 20.7 Å². The lowest BCUT2D eigenvalue weighted by molar-refractivity contribution is -0.145. The van der Waals surface area contributed by atoms with Gasteiger partial charge in [0.05, 0.1) is 16.0 Å². The molecule has 0 atom stereocenters. The molecule has 2 aromatic carbocycles. The minimum atomic E-state index is -0.443. The zero-order chi connectivity index (χ0) is 20.8. The molecule has 0 saturated carbocycles. The van der Waals surface area contributed by atoms with Crippen LogP contribution in [0.3, 0.4) is 0 Å². The summed E-state index contributed by atoms with van der Waals surface area (Å²) in [4.78, 5) is 28.3. The maximum Gasteiger partial charge on any atom is 0.316 e. The lowest BCUT2D eigenvalue weighted by Gasteiger charge is -2.18. The third-order valence-electron chi connectivity index (χ3n) is 4.29. The summed E-state index contributed by atoms with van der Waals surface area (Å²) in [7, 11) is 0. The van der Waals surface area contributed by atoms with Gasteiger partial charge in [-0.2, -0.15) is 0 Å². The van der Waals surface area contributed by atoms with Crippen molar-refractivity contribution in [3.05, 3.63) is 48.0 Å². The number of para-hydroxylation sites is 1. The highest BCUT2D eigenvalue weighted by atomic mass is 32.2. The quantitative estimate of drug-likeness (QED) is 0.422. The number of rotatable bonds is 8. The van der Waals surface area contributed by atoms with Gasteiger partial charge in [-0.3, -0.25) is 9.59 Å². The number of thiazole rings is 1. The molecule has 1 amide bonds. The molecule has 1 aliphatic rings. The third kappa shape index (κ3) is 5.43. The molecule has 7 nitrogen and oxygen atoms in total. The van der Waals surface area contributed by atoms with Crippen molar-refractivity contribution < 1.29 is 23.8 Å². The average Bonchev–Trinajstić information content (AvgIpc) is 3.19. The van der Waals surface area contributed by atoms with Crippen LogP contribution in [0.5, 0.6) is 11.5 Å². The molecule has 30 heavy (non-hydrogen) atoms. The lowest BCUT2D eigenvalue weighted by Crippen LogP contribution is -2.30. The first-order chi connectivity index (χ1) is 14.7. The number of nitrogens with zero attached hydrogens (tertiary/aromatic N) is 1. The van der Waals surface area contributed by atoms with E-state index in [2.05, 4.69) is 10.3 Å². The lowest BCUT2D eigenvalue weighted by atomic mass is 10.1. The Hall–Kier alpha value is -2.78. The molecule has 0 fully saturated rings. The third-order valence-corrected chi connectivity index (χ3v) is 6.45. The first-order valence-corrected chi connectivity index (χ1v) is 11.3. The normalized spacial score (nSPS) is 12.5. The van der Waals surface area contributed by atoms with Crippen LogP contribution < -0.4 is 14.8 Å². The van der Waals surface area contributed by atoms with E-state index < -0.39 is 5.97 Å². The summed E-state index contributed by atoms with van der Waals surface area (Å²) < 4.78 is 18.0. The molecule has 0 saturated heterocycles. The summed E-state index contributed by atoms with van der Waals surface area (Å²) in [6.07, 6.45) is 0.643. The Kier molecular flexibility index (Phi) is 6.70. The Morgan fingerprint density at radius 3 is 2.83 bits per heavy atom. The Bertz CT molecular complexity index is 1020. The molecule has 0 aliphatic carbocycles. The van der Waals surface area contributed by atoms with Crippen LogP contribution in [0.4, 0.5) is 0 Å². The molecule has 3 aromatic rings. The van der Waals surface area contributed by atoms with Crippen LogP contribution in [0.1, 0.15) is 5.56 Å². The number of aromatic nitrogens is 1. The van der Waals surface area contributed by atoms with Gasteiger partial charge < -0.3 is 19.5 Å². The van der Waals surface area contributed by atoms with E-state index in [9.17, 15) is 9.59 Å². The van der Waals surface area contributed by atoms with Crippen molar-refractivity contribution in [3.63, 3.8) is 0 Å². The number of hydrogen-bond donors (Lipinski definition) is 1. The second-order valence-electron chi connectivity index (χ2n) is 6.47. The molecule has 1 N–H and O–H groups in total. The van der Waals surface area contributed by atoms with Crippen LogP contribution in [-0.4, -0.2) is 49.0 Å². The molecule has 1 aliphatic heterocycles. The Balaban J connectivity index is 1.14. The highest BCUT2D eigenvalue weighted by molar-refractivity contribution is 8.01. The largest absolute Gasteiger partial charge is 0.486 e. The summed E-state index contributed by atoms with van der Waals surface area (Å²) in [6.45, 7) is 1.24. The van der Waals surface area contributed by atoms with Crippen LogP contribution >= 0.6 is 23.1 Å². The van der Waals surface area contributed by atoms with Crippen molar-refractivity contribution in [3.8, 4) is 11.5 Å². The van der Waals surface area contributed by atoms with Crippen molar-refractivity contribution in [1.82, 2.24) is 10.3 Å². The fraction of sp³-hybridized carbons (Fsp3) is 0.286. The zero-order valence-corrected chi connectivity index (χ0v) is 17.7. The second-order valence-corrected chi connectivity index (χ2v) is 8.73. The highest BCUT2D eigenvalue weighted by Crippen LogP contribution is 2.31. The molecular formula is C21H20N2O5S2. The summed E-state index contributed by atoms with van der Waals surface area (Å²) >= 11 is 2.84. The minimum absolute atomic E-state index is 0.115. The SMILES string of the molecule is O=C(COC(=O)CSc1nc2ccccc2s1)NCCc1ccc2c(c1)OCCO2. The van der Waals surface area contributed by atoms with E-state index in [1.54, 1.807) is 0 Å². The number of thioether (sulfide) groups is 1. The summed E-state index contributed by atoms with van der Waals surface area (Å²) in [5.41, 5.74) is 1.94. The monoisotopic (exact) mass is 444 g/mol. The summed E-state index contributed by atoms with van der Waals surface area (Å²) in [6, 6.07) is 13.5. The summed E-state index contributed by atoms with van der Waals surface area (Å²) in [5, 5.41) is 2.75. The van der Waals surface area contributed by atoms with Gasteiger partial charge in [0.2, 0.25) is 0 Å². The van der Waals surface area contributed by atoms with Gasteiger partial charge in [-0.05, 0) is 36.2 Å². The minimum Gasteiger partial charge on any atom is -0.486 e. The van der Waals surface area contributed by atoms with E-state index in [1.807, 2.05) is 42.5 Å². The van der Waals surface area contributed by atoms with Gasteiger partial charge in [0, 0.05) is 6.54 Å². The molecule has 1 aromatic heterocycles. The number of benzene rings is 2. The van der Waals surface area contributed by atoms with E-state index in [0.717, 1.165) is 31.6 Å². The summed E-state index contributed by atoms with van der Waals surface area (Å²) in [5.74, 6) is 0.811. The number of carbonyl (C=O) groups excluding carboxylic acids is 2. The zero-order valence-electron chi connectivity index (χ0n) is 16.1. The Morgan fingerprint density at radius 2 is 1.97 bits per heavy atom. The number of amides is 1. The number of ether oxygens (including phenoxy) is 3. The number of carbonyl (C=O) groups is 2. The van der Waals surface area contributed by atoms with Crippen molar-refractivity contribution in [2.45, 2.75) is 10.8 Å². The van der Waals surface area contributed by atoms with Gasteiger partial charge in [-0.15, -0.1) is 11.3 Å². The predicted octanol–water partition coefficient (Wildman–Crippen LogP) is 3.06. The maximum atomic E-state index is 11.9. The van der Waals surface area contributed by atoms with Gasteiger partial charge >= 0.3 is 5.97 Å². The number of nitrogens with one attached hydrogen (secondary N) is 1. The average molecular weight is 445 g/mol. The topological polar surface area (TPSA) is 86.8 Å². The van der Waals surface area contributed by atoms with E-state index in [1.165, 1.54) is 23.1 Å². The van der Waals surface area contributed by atoms with Gasteiger partial charge in [0.25, 0.3) is 5.91 Å². The molecule has 4 rings (SSSR count). The van der Waals surface area contributed by atoms with Crippen LogP contribution in [0.15, 0.2) is 46.8 Å². The first kappa shape index (κ1) is 20.5.